The number of carboxylic acid groups (broad SMARTS) is 1. The molecule has 0 aromatic heterocycles. The van der Waals surface area contributed by atoms with Crippen molar-refractivity contribution in [2.75, 3.05) is 5.32 Å². The summed E-state index contributed by atoms with van der Waals surface area (Å²) in [6.07, 6.45) is 2.39. The number of nitrogens with one attached hydrogen (secondary N) is 2. The summed E-state index contributed by atoms with van der Waals surface area (Å²) in [6.45, 7) is 7.70. The molecule has 23 heavy (non-hydrogen) atoms. The molecule has 3 N–H and O–H groups in total. The molecule has 1 aromatic rings. The maximum absolute atomic E-state index is 12.6. The molecule has 0 amide bonds. The molecule has 130 valence electrons. The van der Waals surface area contributed by atoms with Gasteiger partial charge in [0.05, 0.1) is 11.3 Å². The minimum absolute atomic E-state index is 0.0272. The summed E-state index contributed by atoms with van der Waals surface area (Å²) < 4.78 is 27.9. The third-order valence-electron chi connectivity index (χ3n) is 3.61. The van der Waals surface area contributed by atoms with Crippen molar-refractivity contribution in [3.05, 3.63) is 23.8 Å². The Bertz CT molecular complexity index is 643. The molecule has 6 nitrogen and oxygen atoms in total. The predicted molar refractivity (Wildman–Crippen MR) is 91.5 cm³/mol. The van der Waals surface area contributed by atoms with Crippen molar-refractivity contribution in [3.63, 3.8) is 0 Å². The second-order valence-electron chi connectivity index (χ2n) is 5.78. The Morgan fingerprint density at radius 1 is 1.22 bits per heavy atom. The molecular weight excluding hydrogens is 316 g/mol. The SMILES string of the molecule is CCC[C@@H](C)NS(=O)(=O)c1cc(C(=O)O)ccc1N[C@H](C)CC. The van der Waals surface area contributed by atoms with E-state index in [9.17, 15) is 13.2 Å². The van der Waals surface area contributed by atoms with Gasteiger partial charge in [0.25, 0.3) is 0 Å². The third-order valence-corrected chi connectivity index (χ3v) is 5.24. The topological polar surface area (TPSA) is 95.5 Å². The number of carbonyl (C=O) groups is 1. The number of benzene rings is 1. The number of sulfonamides is 1. The number of carboxylic acids is 1. The first-order chi connectivity index (χ1) is 10.7. The summed E-state index contributed by atoms with van der Waals surface area (Å²) in [4.78, 5) is 11.1. The quantitative estimate of drug-likeness (QED) is 0.641. The summed E-state index contributed by atoms with van der Waals surface area (Å²) >= 11 is 0. The Morgan fingerprint density at radius 3 is 2.39 bits per heavy atom. The Morgan fingerprint density at radius 2 is 1.87 bits per heavy atom. The lowest BCUT2D eigenvalue weighted by atomic mass is 10.2. The lowest BCUT2D eigenvalue weighted by Crippen LogP contribution is -2.33. The minimum atomic E-state index is -3.80. The van der Waals surface area contributed by atoms with Gasteiger partial charge in [0, 0.05) is 12.1 Å². The maximum atomic E-state index is 12.6. The normalized spacial score (nSPS) is 14.3. The van der Waals surface area contributed by atoms with E-state index in [2.05, 4.69) is 10.0 Å². The van der Waals surface area contributed by atoms with Crippen LogP contribution >= 0.6 is 0 Å². The predicted octanol–water partition coefficient (Wildman–Crippen LogP) is 3.06. The van der Waals surface area contributed by atoms with Crippen molar-refractivity contribution in [2.24, 2.45) is 0 Å². The van der Waals surface area contributed by atoms with Gasteiger partial charge < -0.3 is 10.4 Å². The van der Waals surface area contributed by atoms with E-state index in [1.165, 1.54) is 18.2 Å². The van der Waals surface area contributed by atoms with Crippen molar-refractivity contribution in [3.8, 4) is 0 Å². The van der Waals surface area contributed by atoms with Crippen molar-refractivity contribution >= 4 is 21.7 Å². The summed E-state index contributed by atoms with van der Waals surface area (Å²) in [5.74, 6) is -1.15. The van der Waals surface area contributed by atoms with Gasteiger partial charge in [0.2, 0.25) is 10.0 Å². The molecule has 0 bridgehead atoms. The molecule has 0 heterocycles. The first kappa shape index (κ1) is 19.4. The first-order valence-corrected chi connectivity index (χ1v) is 9.35. The lowest BCUT2D eigenvalue weighted by molar-refractivity contribution is 0.0696. The first-order valence-electron chi connectivity index (χ1n) is 7.87. The largest absolute Gasteiger partial charge is 0.478 e. The van der Waals surface area contributed by atoms with Gasteiger partial charge in [-0.15, -0.1) is 0 Å². The molecule has 0 aliphatic rings. The molecule has 0 unspecified atom stereocenters. The van der Waals surface area contributed by atoms with Crippen LogP contribution in [0, 0.1) is 0 Å². The van der Waals surface area contributed by atoms with Crippen LogP contribution in [0.2, 0.25) is 0 Å². The van der Waals surface area contributed by atoms with Crippen LogP contribution < -0.4 is 10.0 Å². The molecule has 0 aliphatic carbocycles. The summed E-state index contributed by atoms with van der Waals surface area (Å²) in [7, 11) is -3.80. The van der Waals surface area contributed by atoms with Crippen LogP contribution in [0.4, 0.5) is 5.69 Å². The van der Waals surface area contributed by atoms with E-state index in [0.717, 1.165) is 12.8 Å². The standard InChI is InChI=1S/C16H26N2O4S/c1-5-7-12(4)18-23(21,22)15-10-13(16(19)20)8-9-14(15)17-11(3)6-2/h8-12,17-18H,5-7H2,1-4H3,(H,19,20)/t11-,12-/m1/s1. The van der Waals surface area contributed by atoms with E-state index in [1.807, 2.05) is 20.8 Å². The fraction of sp³-hybridized carbons (Fsp3) is 0.562. The Balaban J connectivity index is 3.27. The number of anilines is 1. The average molecular weight is 342 g/mol. The van der Waals surface area contributed by atoms with Crippen LogP contribution in [-0.4, -0.2) is 31.6 Å². The highest BCUT2D eigenvalue weighted by Gasteiger charge is 2.23. The highest BCUT2D eigenvalue weighted by atomic mass is 32.2. The molecule has 7 heteroatoms. The van der Waals surface area contributed by atoms with E-state index in [-0.39, 0.29) is 22.5 Å². The molecule has 0 radical (unpaired) electrons. The highest BCUT2D eigenvalue weighted by Crippen LogP contribution is 2.24. The zero-order chi connectivity index (χ0) is 17.6. The molecule has 0 spiro atoms. The summed E-state index contributed by atoms with van der Waals surface area (Å²) in [5, 5.41) is 12.2. The number of hydrogen-bond donors (Lipinski definition) is 3. The zero-order valence-corrected chi connectivity index (χ0v) is 14.9. The maximum Gasteiger partial charge on any atom is 0.335 e. The third kappa shape index (κ3) is 5.51. The van der Waals surface area contributed by atoms with Crippen LogP contribution in [0.1, 0.15) is 57.3 Å². The molecule has 0 aliphatic heterocycles. The van der Waals surface area contributed by atoms with E-state index in [4.69, 9.17) is 5.11 Å². The van der Waals surface area contributed by atoms with Crippen molar-refractivity contribution in [1.82, 2.24) is 4.72 Å². The van der Waals surface area contributed by atoms with Crippen LogP contribution in [0.3, 0.4) is 0 Å². The molecule has 0 saturated heterocycles. The average Bonchev–Trinajstić information content (AvgIpc) is 2.46. The van der Waals surface area contributed by atoms with Crippen LogP contribution in [-0.2, 0) is 10.0 Å². The lowest BCUT2D eigenvalue weighted by Gasteiger charge is -2.19. The van der Waals surface area contributed by atoms with Gasteiger partial charge in [-0.2, -0.15) is 0 Å². The van der Waals surface area contributed by atoms with E-state index in [0.29, 0.717) is 12.1 Å². The van der Waals surface area contributed by atoms with Gasteiger partial charge in [0.1, 0.15) is 4.90 Å². The van der Waals surface area contributed by atoms with Crippen LogP contribution in [0.5, 0.6) is 0 Å². The molecule has 0 saturated carbocycles. The molecule has 1 rings (SSSR count). The number of rotatable bonds is 9. The Kier molecular flexibility index (Phi) is 7.02. The Labute approximate surface area is 138 Å². The second kappa shape index (κ2) is 8.31. The van der Waals surface area contributed by atoms with Gasteiger partial charge in [-0.05, 0) is 44.9 Å². The van der Waals surface area contributed by atoms with Gasteiger partial charge in [-0.25, -0.2) is 17.9 Å². The van der Waals surface area contributed by atoms with Gasteiger partial charge in [0.15, 0.2) is 0 Å². The molecular formula is C16H26N2O4S. The number of aromatic carboxylic acids is 1. The van der Waals surface area contributed by atoms with Gasteiger partial charge >= 0.3 is 5.97 Å². The van der Waals surface area contributed by atoms with Crippen molar-refractivity contribution in [1.29, 1.82) is 0 Å². The fourth-order valence-electron chi connectivity index (χ4n) is 2.18. The van der Waals surface area contributed by atoms with Crippen LogP contribution in [0.25, 0.3) is 0 Å². The highest BCUT2D eigenvalue weighted by molar-refractivity contribution is 7.89. The van der Waals surface area contributed by atoms with Crippen molar-refractivity contribution in [2.45, 2.75) is 63.9 Å². The molecule has 1 aromatic carbocycles. The Hall–Kier alpha value is -1.60. The molecule has 0 fully saturated rings. The van der Waals surface area contributed by atoms with Gasteiger partial charge in [-0.3, -0.25) is 0 Å². The van der Waals surface area contributed by atoms with Gasteiger partial charge in [-0.1, -0.05) is 20.3 Å². The van der Waals surface area contributed by atoms with E-state index >= 15 is 0 Å². The summed E-state index contributed by atoms with van der Waals surface area (Å²) in [6, 6.07) is 3.98. The molecule has 2 atom stereocenters. The monoisotopic (exact) mass is 342 g/mol. The zero-order valence-electron chi connectivity index (χ0n) is 14.1. The van der Waals surface area contributed by atoms with Crippen LogP contribution in [0.15, 0.2) is 23.1 Å². The minimum Gasteiger partial charge on any atom is -0.478 e. The summed E-state index contributed by atoms with van der Waals surface area (Å²) in [5.41, 5.74) is 0.365. The smallest absolute Gasteiger partial charge is 0.335 e. The van der Waals surface area contributed by atoms with Crippen molar-refractivity contribution < 1.29 is 18.3 Å². The number of hydrogen-bond acceptors (Lipinski definition) is 4. The second-order valence-corrected chi connectivity index (χ2v) is 7.46. The fourth-order valence-corrected chi connectivity index (χ4v) is 3.66. The van der Waals surface area contributed by atoms with E-state index in [1.54, 1.807) is 6.92 Å². The van der Waals surface area contributed by atoms with E-state index < -0.39 is 16.0 Å².